The Kier molecular flexibility index (Phi) is 7.48. The summed E-state index contributed by atoms with van der Waals surface area (Å²) in [6, 6.07) is 22.4. The Morgan fingerprint density at radius 3 is 2.31 bits per heavy atom. The summed E-state index contributed by atoms with van der Waals surface area (Å²) < 4.78 is 16.6. The Hall–Kier alpha value is -4.10. The Labute approximate surface area is 204 Å². The Bertz CT molecular complexity index is 1220. The van der Waals surface area contributed by atoms with Crippen LogP contribution in [0.5, 0.6) is 17.2 Å². The number of carbonyl (C=O) groups is 2. The summed E-state index contributed by atoms with van der Waals surface area (Å²) in [5.41, 5.74) is 1.08. The fourth-order valence-electron chi connectivity index (χ4n) is 4.05. The minimum atomic E-state index is -0.795. The first-order chi connectivity index (χ1) is 17.0. The van der Waals surface area contributed by atoms with Crippen molar-refractivity contribution in [3.63, 3.8) is 0 Å². The molecular weight excluding hydrogens is 446 g/mol. The molecule has 7 heteroatoms. The van der Waals surface area contributed by atoms with Crippen molar-refractivity contribution in [3.05, 3.63) is 95.6 Å². The molecule has 0 spiro atoms. The number of hydrogen-bond donors (Lipinski definition) is 1. The Morgan fingerprint density at radius 1 is 0.914 bits per heavy atom. The van der Waals surface area contributed by atoms with Gasteiger partial charge < -0.3 is 24.2 Å². The molecule has 35 heavy (non-hydrogen) atoms. The van der Waals surface area contributed by atoms with Gasteiger partial charge in [0.2, 0.25) is 0 Å². The summed E-state index contributed by atoms with van der Waals surface area (Å²) in [6.45, 7) is 2.82. The van der Waals surface area contributed by atoms with Crippen LogP contribution in [0.2, 0.25) is 0 Å². The van der Waals surface area contributed by atoms with Gasteiger partial charge in [0.15, 0.2) is 0 Å². The number of carbonyl (C=O) groups excluding carboxylic acids is 2. The second-order valence-electron chi connectivity index (χ2n) is 7.93. The highest BCUT2D eigenvalue weighted by Gasteiger charge is 2.46. The summed E-state index contributed by atoms with van der Waals surface area (Å²) in [6.07, 6.45) is 0. The van der Waals surface area contributed by atoms with E-state index in [1.807, 2.05) is 37.3 Å². The lowest BCUT2D eigenvalue weighted by Crippen LogP contribution is -2.32. The molecule has 3 aromatic carbocycles. The Morgan fingerprint density at radius 2 is 1.63 bits per heavy atom. The number of Topliss-reactive ketones (excluding diaryl/α,β-unsaturated/α-hetero) is 1. The van der Waals surface area contributed by atoms with Crippen LogP contribution < -0.4 is 9.47 Å². The van der Waals surface area contributed by atoms with Gasteiger partial charge in [0.25, 0.3) is 11.7 Å². The lowest BCUT2D eigenvalue weighted by molar-refractivity contribution is -0.140. The predicted molar refractivity (Wildman–Crippen MR) is 131 cm³/mol. The van der Waals surface area contributed by atoms with Gasteiger partial charge in [-0.2, -0.15) is 0 Å². The number of para-hydroxylation sites is 1. The van der Waals surface area contributed by atoms with E-state index in [0.29, 0.717) is 35.0 Å². The van der Waals surface area contributed by atoms with Gasteiger partial charge in [-0.3, -0.25) is 9.59 Å². The monoisotopic (exact) mass is 473 g/mol. The van der Waals surface area contributed by atoms with Crippen molar-refractivity contribution in [3.8, 4) is 17.2 Å². The third-order valence-electron chi connectivity index (χ3n) is 5.67. The van der Waals surface area contributed by atoms with E-state index in [1.165, 1.54) is 12.0 Å². The number of methoxy groups -OCH3 is 1. The number of ether oxygens (including phenoxy) is 3. The van der Waals surface area contributed by atoms with Crippen molar-refractivity contribution in [2.75, 3.05) is 26.9 Å². The zero-order chi connectivity index (χ0) is 24.8. The van der Waals surface area contributed by atoms with Crippen molar-refractivity contribution in [1.82, 2.24) is 4.90 Å². The first-order valence-corrected chi connectivity index (χ1v) is 11.4. The number of ketones is 1. The van der Waals surface area contributed by atoms with E-state index in [-0.39, 0.29) is 24.5 Å². The van der Waals surface area contributed by atoms with Crippen LogP contribution in [-0.2, 0) is 14.3 Å². The maximum Gasteiger partial charge on any atom is 0.295 e. The van der Waals surface area contributed by atoms with Gasteiger partial charge >= 0.3 is 0 Å². The molecule has 7 nitrogen and oxygen atoms in total. The van der Waals surface area contributed by atoms with E-state index in [4.69, 9.17) is 14.2 Å². The lowest BCUT2D eigenvalue weighted by atomic mass is 9.95. The molecule has 1 aliphatic rings. The highest BCUT2D eigenvalue weighted by Crippen LogP contribution is 2.40. The van der Waals surface area contributed by atoms with E-state index in [1.54, 1.807) is 48.5 Å². The van der Waals surface area contributed by atoms with Crippen LogP contribution in [0.1, 0.15) is 24.1 Å². The minimum absolute atomic E-state index is 0.0205. The van der Waals surface area contributed by atoms with Crippen molar-refractivity contribution in [2.24, 2.45) is 0 Å². The molecule has 1 atom stereocenters. The number of amides is 1. The number of aliphatic hydroxyl groups is 1. The highest BCUT2D eigenvalue weighted by atomic mass is 16.5. The number of hydrogen-bond acceptors (Lipinski definition) is 6. The van der Waals surface area contributed by atoms with Gasteiger partial charge in [-0.25, -0.2) is 0 Å². The third-order valence-corrected chi connectivity index (χ3v) is 5.67. The quantitative estimate of drug-likeness (QED) is 0.269. The zero-order valence-corrected chi connectivity index (χ0v) is 19.6. The second kappa shape index (κ2) is 10.9. The van der Waals surface area contributed by atoms with Crippen molar-refractivity contribution >= 4 is 17.4 Å². The fourth-order valence-corrected chi connectivity index (χ4v) is 4.05. The number of rotatable bonds is 9. The smallest absolute Gasteiger partial charge is 0.295 e. The summed E-state index contributed by atoms with van der Waals surface area (Å²) in [5.74, 6) is 0.179. The molecule has 1 aliphatic heterocycles. The molecule has 1 N–H and O–H groups in total. The van der Waals surface area contributed by atoms with Crippen LogP contribution in [0.4, 0.5) is 0 Å². The van der Waals surface area contributed by atoms with Crippen molar-refractivity contribution < 1.29 is 28.9 Å². The zero-order valence-electron chi connectivity index (χ0n) is 19.6. The van der Waals surface area contributed by atoms with Gasteiger partial charge in [0.05, 0.1) is 24.8 Å². The number of likely N-dealkylation sites (tertiary alicyclic amines) is 1. The summed E-state index contributed by atoms with van der Waals surface area (Å²) in [4.78, 5) is 27.5. The summed E-state index contributed by atoms with van der Waals surface area (Å²) in [5, 5.41) is 11.2. The van der Waals surface area contributed by atoms with Gasteiger partial charge in [-0.1, -0.05) is 30.3 Å². The fraction of sp³-hybridized carbons (Fsp3) is 0.214. The van der Waals surface area contributed by atoms with Crippen molar-refractivity contribution in [2.45, 2.75) is 13.0 Å². The number of nitrogens with zero attached hydrogens (tertiary/aromatic N) is 1. The molecule has 0 unspecified atom stereocenters. The van der Waals surface area contributed by atoms with Crippen LogP contribution in [0.25, 0.3) is 5.76 Å². The second-order valence-corrected chi connectivity index (χ2v) is 7.93. The molecular formula is C28H27NO6. The third kappa shape index (κ3) is 5.20. The van der Waals surface area contributed by atoms with Gasteiger partial charge in [-0.15, -0.1) is 0 Å². The molecule has 4 rings (SSSR count). The average molecular weight is 474 g/mol. The molecule has 0 radical (unpaired) electrons. The molecule has 0 bridgehead atoms. The van der Waals surface area contributed by atoms with Crippen LogP contribution in [0.3, 0.4) is 0 Å². The van der Waals surface area contributed by atoms with Crippen LogP contribution in [0.15, 0.2) is 84.4 Å². The normalized spacial score (nSPS) is 17.0. The summed E-state index contributed by atoms with van der Waals surface area (Å²) in [7, 11) is 1.53. The van der Waals surface area contributed by atoms with Crippen molar-refractivity contribution in [1.29, 1.82) is 0 Å². The molecule has 3 aromatic rings. The van der Waals surface area contributed by atoms with E-state index in [0.717, 1.165) is 0 Å². The van der Waals surface area contributed by atoms with E-state index in [9.17, 15) is 14.7 Å². The number of aliphatic hydroxyl groups excluding tert-OH is 1. The van der Waals surface area contributed by atoms with Crippen LogP contribution in [-0.4, -0.2) is 48.6 Å². The maximum atomic E-state index is 13.1. The molecule has 1 saturated heterocycles. The molecule has 180 valence electrons. The molecule has 0 aliphatic carbocycles. The average Bonchev–Trinajstić information content (AvgIpc) is 3.13. The van der Waals surface area contributed by atoms with Crippen LogP contribution in [0, 0.1) is 0 Å². The standard InChI is InChI=1S/C28H27NO6/c1-3-34-21-14-12-19(13-15-21)26(30)24-25(29(16-17-33-2)28(32)27(24)31)20-8-7-11-23(18-20)35-22-9-5-4-6-10-22/h4-15,18,25,30H,3,16-17H2,1-2H3/t25-/m1/s1. The van der Waals surface area contributed by atoms with Gasteiger partial charge in [0, 0.05) is 19.2 Å². The minimum Gasteiger partial charge on any atom is -0.507 e. The molecule has 1 heterocycles. The molecule has 0 saturated carbocycles. The molecule has 1 amide bonds. The van der Waals surface area contributed by atoms with E-state index in [2.05, 4.69) is 0 Å². The lowest BCUT2D eigenvalue weighted by Gasteiger charge is -2.25. The first kappa shape index (κ1) is 24.0. The largest absolute Gasteiger partial charge is 0.507 e. The SMILES string of the molecule is CCOc1ccc(C(O)=C2C(=O)C(=O)N(CCOC)[C@@H]2c2cccc(Oc3ccccc3)c2)cc1. The van der Waals surface area contributed by atoms with Crippen LogP contribution >= 0.6 is 0 Å². The maximum absolute atomic E-state index is 13.1. The van der Waals surface area contributed by atoms with Gasteiger partial charge in [0.1, 0.15) is 23.0 Å². The Balaban J connectivity index is 1.77. The van der Waals surface area contributed by atoms with E-state index >= 15 is 0 Å². The van der Waals surface area contributed by atoms with Gasteiger partial charge in [-0.05, 0) is 61.0 Å². The topological polar surface area (TPSA) is 85.3 Å². The predicted octanol–water partition coefficient (Wildman–Crippen LogP) is 4.95. The van der Waals surface area contributed by atoms with E-state index < -0.39 is 17.7 Å². The summed E-state index contributed by atoms with van der Waals surface area (Å²) >= 11 is 0. The number of benzene rings is 3. The molecule has 0 aromatic heterocycles. The highest BCUT2D eigenvalue weighted by molar-refractivity contribution is 6.46. The molecule has 1 fully saturated rings. The first-order valence-electron chi connectivity index (χ1n) is 11.4.